The van der Waals surface area contributed by atoms with E-state index >= 15 is 0 Å². The van der Waals surface area contributed by atoms with Gasteiger partial charge in [0.05, 0.1) is 24.0 Å². The van der Waals surface area contributed by atoms with Crippen LogP contribution in [0.2, 0.25) is 0 Å². The number of imidazole rings is 1. The molecule has 1 heterocycles. The van der Waals surface area contributed by atoms with Crippen molar-refractivity contribution in [2.24, 2.45) is 0 Å². The zero-order chi connectivity index (χ0) is 16.1. The van der Waals surface area contributed by atoms with Gasteiger partial charge in [-0.1, -0.05) is 24.3 Å². The lowest BCUT2D eigenvalue weighted by Gasteiger charge is -2.19. The molecule has 1 unspecified atom stereocenters. The van der Waals surface area contributed by atoms with Crippen LogP contribution in [0.4, 0.5) is 4.39 Å². The summed E-state index contributed by atoms with van der Waals surface area (Å²) in [7, 11) is 0. The molecule has 4 heteroatoms. The Bertz CT molecular complexity index is 784. The van der Waals surface area contributed by atoms with Gasteiger partial charge in [-0.15, -0.1) is 0 Å². The van der Waals surface area contributed by atoms with Crippen molar-refractivity contribution in [3.8, 4) is 6.07 Å². The Labute approximate surface area is 134 Å². The Morgan fingerprint density at radius 3 is 2.43 bits per heavy atom. The second-order valence-corrected chi connectivity index (χ2v) is 5.42. The van der Waals surface area contributed by atoms with Crippen molar-refractivity contribution < 1.29 is 4.39 Å². The molecule has 0 N–H and O–H groups in total. The Morgan fingerprint density at radius 2 is 1.83 bits per heavy atom. The smallest absolute Gasteiger partial charge is 0.123 e. The molecule has 0 radical (unpaired) electrons. The van der Waals surface area contributed by atoms with E-state index in [0.29, 0.717) is 5.56 Å². The first-order chi connectivity index (χ1) is 11.3. The maximum Gasteiger partial charge on any atom is 0.123 e. The molecule has 1 atom stereocenters. The van der Waals surface area contributed by atoms with Crippen LogP contribution in [-0.4, -0.2) is 9.55 Å². The Kier molecular flexibility index (Phi) is 4.49. The summed E-state index contributed by atoms with van der Waals surface area (Å²) in [4.78, 5) is 4.13. The molecule has 0 bridgehead atoms. The first-order valence-corrected chi connectivity index (χ1v) is 7.48. The van der Waals surface area contributed by atoms with E-state index < -0.39 is 0 Å². The minimum absolute atomic E-state index is 0.135. The molecule has 0 fully saturated rings. The molecule has 3 nitrogen and oxygen atoms in total. The van der Waals surface area contributed by atoms with Gasteiger partial charge in [-0.25, -0.2) is 9.37 Å². The van der Waals surface area contributed by atoms with Crippen LogP contribution >= 0.6 is 0 Å². The normalized spacial score (nSPS) is 11.8. The Balaban J connectivity index is 1.81. The average molecular weight is 305 g/mol. The summed E-state index contributed by atoms with van der Waals surface area (Å²) < 4.78 is 15.1. The molecule has 0 aliphatic heterocycles. The summed E-state index contributed by atoms with van der Waals surface area (Å²) in [5, 5.41) is 8.93. The molecule has 3 rings (SSSR count). The van der Waals surface area contributed by atoms with Crippen LogP contribution in [0.1, 0.15) is 29.2 Å². The fourth-order valence-electron chi connectivity index (χ4n) is 2.68. The largest absolute Gasteiger partial charge is 0.330 e. The molecule has 1 aromatic heterocycles. The SMILES string of the molecule is N#Cc1ccc(C(CCc2ccc(F)cc2)n2ccnc2)cc1. The zero-order valence-electron chi connectivity index (χ0n) is 12.6. The minimum Gasteiger partial charge on any atom is -0.330 e. The third-order valence-electron chi connectivity index (χ3n) is 3.93. The van der Waals surface area contributed by atoms with Gasteiger partial charge in [0.15, 0.2) is 0 Å². The topological polar surface area (TPSA) is 41.6 Å². The molecule has 114 valence electrons. The summed E-state index contributed by atoms with van der Waals surface area (Å²) in [6.07, 6.45) is 7.20. The number of hydrogen-bond acceptors (Lipinski definition) is 2. The molecule has 0 aliphatic rings. The van der Waals surface area contributed by atoms with E-state index in [1.165, 1.54) is 12.1 Å². The molecule has 0 saturated carbocycles. The second kappa shape index (κ2) is 6.89. The van der Waals surface area contributed by atoms with Crippen LogP contribution in [0.15, 0.2) is 67.3 Å². The van der Waals surface area contributed by atoms with Gasteiger partial charge in [-0.05, 0) is 48.2 Å². The highest BCUT2D eigenvalue weighted by molar-refractivity contribution is 5.33. The van der Waals surface area contributed by atoms with E-state index in [9.17, 15) is 4.39 Å². The van der Waals surface area contributed by atoms with Crippen LogP contribution in [0.3, 0.4) is 0 Å². The summed E-state index contributed by atoms with van der Waals surface area (Å²) in [5.74, 6) is -0.216. The molecule has 0 saturated heterocycles. The molecule has 2 aromatic carbocycles. The summed E-state index contributed by atoms with van der Waals surface area (Å²) in [6, 6.07) is 16.5. The lowest BCUT2D eigenvalue weighted by molar-refractivity contribution is 0.539. The van der Waals surface area contributed by atoms with Crippen molar-refractivity contribution in [3.05, 3.63) is 89.8 Å². The van der Waals surface area contributed by atoms with Gasteiger partial charge in [0.2, 0.25) is 0 Å². The van der Waals surface area contributed by atoms with Crippen molar-refractivity contribution in [2.45, 2.75) is 18.9 Å². The van der Waals surface area contributed by atoms with E-state index in [1.54, 1.807) is 12.5 Å². The predicted octanol–water partition coefficient (Wildman–Crippen LogP) is 4.12. The van der Waals surface area contributed by atoms with Gasteiger partial charge >= 0.3 is 0 Å². The number of hydrogen-bond donors (Lipinski definition) is 0. The maximum absolute atomic E-state index is 13.0. The quantitative estimate of drug-likeness (QED) is 0.711. The second-order valence-electron chi connectivity index (χ2n) is 5.42. The fourth-order valence-corrected chi connectivity index (χ4v) is 2.68. The van der Waals surface area contributed by atoms with Gasteiger partial charge in [0.25, 0.3) is 0 Å². The van der Waals surface area contributed by atoms with E-state index in [0.717, 1.165) is 24.0 Å². The summed E-state index contributed by atoms with van der Waals surface area (Å²) in [6.45, 7) is 0. The first kappa shape index (κ1) is 15.0. The van der Waals surface area contributed by atoms with Crippen LogP contribution in [0.25, 0.3) is 0 Å². The van der Waals surface area contributed by atoms with E-state index in [4.69, 9.17) is 5.26 Å². The van der Waals surface area contributed by atoms with Gasteiger partial charge in [0, 0.05) is 12.4 Å². The number of rotatable bonds is 5. The predicted molar refractivity (Wildman–Crippen MR) is 86.2 cm³/mol. The first-order valence-electron chi connectivity index (χ1n) is 7.48. The third kappa shape index (κ3) is 3.64. The fraction of sp³-hybridized carbons (Fsp3) is 0.158. The highest BCUT2D eigenvalue weighted by Crippen LogP contribution is 2.24. The molecule has 0 amide bonds. The van der Waals surface area contributed by atoms with Crippen molar-refractivity contribution >= 4 is 0 Å². The Morgan fingerprint density at radius 1 is 1.09 bits per heavy atom. The van der Waals surface area contributed by atoms with E-state index in [1.807, 2.05) is 42.6 Å². The number of aromatic nitrogens is 2. The standard InChI is InChI=1S/C19H16FN3/c20-18-8-3-15(4-9-18)5-10-19(23-12-11-22-14-23)17-6-1-16(13-21)2-7-17/h1-4,6-9,11-12,14,19H,5,10H2. The number of benzene rings is 2. The van der Waals surface area contributed by atoms with Crippen molar-refractivity contribution in [1.82, 2.24) is 9.55 Å². The maximum atomic E-state index is 13.0. The highest BCUT2D eigenvalue weighted by Gasteiger charge is 2.13. The van der Waals surface area contributed by atoms with Crippen molar-refractivity contribution in [2.75, 3.05) is 0 Å². The molecule has 23 heavy (non-hydrogen) atoms. The lowest BCUT2D eigenvalue weighted by Crippen LogP contribution is -2.10. The minimum atomic E-state index is -0.216. The van der Waals surface area contributed by atoms with E-state index in [2.05, 4.69) is 15.6 Å². The monoisotopic (exact) mass is 305 g/mol. The lowest BCUT2D eigenvalue weighted by atomic mass is 9.98. The number of nitriles is 1. The summed E-state index contributed by atoms with van der Waals surface area (Å²) >= 11 is 0. The average Bonchev–Trinajstić information content (AvgIpc) is 3.12. The van der Waals surface area contributed by atoms with Gasteiger partial charge < -0.3 is 4.57 Å². The molecule has 0 spiro atoms. The van der Waals surface area contributed by atoms with Crippen LogP contribution in [0, 0.1) is 17.1 Å². The third-order valence-corrected chi connectivity index (χ3v) is 3.93. The van der Waals surface area contributed by atoms with Crippen molar-refractivity contribution in [3.63, 3.8) is 0 Å². The van der Waals surface area contributed by atoms with Gasteiger partial charge in [0.1, 0.15) is 5.82 Å². The molecular weight excluding hydrogens is 289 g/mol. The highest BCUT2D eigenvalue weighted by atomic mass is 19.1. The molecule has 0 aliphatic carbocycles. The summed E-state index contributed by atoms with van der Waals surface area (Å²) in [5.41, 5.74) is 2.88. The number of aryl methyl sites for hydroxylation is 1. The Hall–Kier alpha value is -2.93. The van der Waals surface area contributed by atoms with Crippen molar-refractivity contribution in [1.29, 1.82) is 5.26 Å². The van der Waals surface area contributed by atoms with Crippen LogP contribution in [0.5, 0.6) is 0 Å². The van der Waals surface area contributed by atoms with Gasteiger partial charge in [-0.2, -0.15) is 5.26 Å². The number of nitrogens with zero attached hydrogens (tertiary/aromatic N) is 3. The zero-order valence-corrected chi connectivity index (χ0v) is 12.6. The number of halogens is 1. The molecular formula is C19H16FN3. The van der Waals surface area contributed by atoms with E-state index in [-0.39, 0.29) is 11.9 Å². The van der Waals surface area contributed by atoms with Gasteiger partial charge in [-0.3, -0.25) is 0 Å². The van der Waals surface area contributed by atoms with Crippen LogP contribution in [-0.2, 0) is 6.42 Å². The molecule has 3 aromatic rings. The van der Waals surface area contributed by atoms with Crippen LogP contribution < -0.4 is 0 Å².